The van der Waals surface area contributed by atoms with Crippen molar-refractivity contribution in [3.63, 3.8) is 0 Å². The second-order valence-electron chi connectivity index (χ2n) is 5.57. The zero-order chi connectivity index (χ0) is 16.5. The van der Waals surface area contributed by atoms with Crippen LogP contribution < -0.4 is 5.32 Å². The van der Waals surface area contributed by atoms with Gasteiger partial charge in [-0.05, 0) is 17.5 Å². The molecule has 0 atom stereocenters. The van der Waals surface area contributed by atoms with Gasteiger partial charge in [0.1, 0.15) is 0 Å². The predicted molar refractivity (Wildman–Crippen MR) is 93.4 cm³/mol. The maximum atomic E-state index is 12.1. The van der Waals surface area contributed by atoms with E-state index in [0.29, 0.717) is 12.1 Å². The number of Topliss-reactive ketones (excluding diaryl/α,β-unsaturated/α-hetero) is 1. The first-order chi connectivity index (χ1) is 11.2. The molecule has 1 amide bonds. The van der Waals surface area contributed by atoms with E-state index < -0.39 is 0 Å². The van der Waals surface area contributed by atoms with Crippen LogP contribution in [0.1, 0.15) is 43.0 Å². The molecule has 0 fully saturated rings. The summed E-state index contributed by atoms with van der Waals surface area (Å²) in [4.78, 5) is 23.8. The molecule has 0 aliphatic rings. The van der Waals surface area contributed by atoms with Gasteiger partial charge in [0.05, 0.1) is 0 Å². The zero-order valence-corrected chi connectivity index (χ0v) is 13.5. The highest BCUT2D eigenvalue weighted by Gasteiger charge is 2.09. The first kappa shape index (κ1) is 16.9. The average Bonchev–Trinajstić information content (AvgIpc) is 2.61. The van der Waals surface area contributed by atoms with Crippen LogP contribution in [0.3, 0.4) is 0 Å². The second kappa shape index (κ2) is 8.89. The van der Waals surface area contributed by atoms with Gasteiger partial charge in [0, 0.05) is 24.9 Å². The number of benzene rings is 2. The molecule has 120 valence electrons. The lowest BCUT2D eigenvalue weighted by Crippen LogP contribution is -2.24. The zero-order valence-electron chi connectivity index (χ0n) is 13.5. The maximum absolute atomic E-state index is 12.1. The van der Waals surface area contributed by atoms with E-state index >= 15 is 0 Å². The summed E-state index contributed by atoms with van der Waals surface area (Å²) < 4.78 is 0. The monoisotopic (exact) mass is 309 g/mol. The molecule has 0 heterocycles. The van der Waals surface area contributed by atoms with Gasteiger partial charge >= 0.3 is 0 Å². The van der Waals surface area contributed by atoms with Gasteiger partial charge in [-0.1, -0.05) is 67.9 Å². The molecular formula is C20H23NO2. The molecule has 0 aromatic heterocycles. The van der Waals surface area contributed by atoms with E-state index in [-0.39, 0.29) is 24.5 Å². The molecular weight excluding hydrogens is 286 g/mol. The van der Waals surface area contributed by atoms with Crippen molar-refractivity contribution in [1.29, 1.82) is 0 Å². The summed E-state index contributed by atoms with van der Waals surface area (Å²) in [6.07, 6.45) is 2.53. The van der Waals surface area contributed by atoms with Crippen LogP contribution in [0.4, 0.5) is 0 Å². The summed E-state index contributed by atoms with van der Waals surface area (Å²) in [7, 11) is 0. The lowest BCUT2D eigenvalue weighted by molar-refractivity contribution is -0.121. The van der Waals surface area contributed by atoms with E-state index in [1.54, 1.807) is 0 Å². The van der Waals surface area contributed by atoms with Crippen molar-refractivity contribution in [2.24, 2.45) is 0 Å². The van der Waals surface area contributed by atoms with Gasteiger partial charge < -0.3 is 5.32 Å². The Kier molecular flexibility index (Phi) is 6.55. The van der Waals surface area contributed by atoms with Crippen molar-refractivity contribution < 1.29 is 9.59 Å². The molecule has 0 bridgehead atoms. The molecule has 0 aliphatic heterocycles. The summed E-state index contributed by atoms with van der Waals surface area (Å²) in [5, 5.41) is 2.83. The molecule has 0 saturated heterocycles. The van der Waals surface area contributed by atoms with Crippen molar-refractivity contribution in [2.45, 2.75) is 32.6 Å². The first-order valence-electron chi connectivity index (χ1n) is 8.16. The number of nitrogens with one attached hydrogen (secondary N) is 1. The Balaban J connectivity index is 1.87. The minimum Gasteiger partial charge on any atom is -0.356 e. The Labute approximate surface area is 137 Å². The molecule has 0 aliphatic carbocycles. The standard InChI is InChI=1S/C20H23NO2/c1-2-3-15-21-20(23)14-13-19(22)18-11-9-17(10-12-18)16-7-5-4-6-8-16/h4-12H,2-3,13-15H2,1H3,(H,21,23). The summed E-state index contributed by atoms with van der Waals surface area (Å²) in [6.45, 7) is 2.77. The minimum atomic E-state index is -0.0484. The number of carbonyl (C=O) groups is 2. The number of carbonyl (C=O) groups excluding carboxylic acids is 2. The van der Waals surface area contributed by atoms with Crippen LogP contribution in [0.5, 0.6) is 0 Å². The highest BCUT2D eigenvalue weighted by Crippen LogP contribution is 2.19. The summed E-state index contributed by atoms with van der Waals surface area (Å²) in [6, 6.07) is 17.6. The van der Waals surface area contributed by atoms with Crippen molar-refractivity contribution in [3.05, 3.63) is 60.2 Å². The second-order valence-corrected chi connectivity index (χ2v) is 5.57. The SMILES string of the molecule is CCCCNC(=O)CCC(=O)c1ccc(-c2ccccc2)cc1. The van der Waals surface area contributed by atoms with Gasteiger partial charge in [0.15, 0.2) is 5.78 Å². The van der Waals surface area contributed by atoms with Gasteiger partial charge in [-0.25, -0.2) is 0 Å². The molecule has 0 spiro atoms. The fourth-order valence-corrected chi connectivity index (χ4v) is 2.34. The minimum absolute atomic E-state index is 0.00949. The normalized spacial score (nSPS) is 10.3. The van der Waals surface area contributed by atoms with Crippen LogP contribution >= 0.6 is 0 Å². The van der Waals surface area contributed by atoms with Crippen molar-refractivity contribution in [1.82, 2.24) is 5.32 Å². The number of unbranched alkanes of at least 4 members (excludes halogenated alkanes) is 1. The van der Waals surface area contributed by atoms with Crippen molar-refractivity contribution in [2.75, 3.05) is 6.54 Å². The lowest BCUT2D eigenvalue weighted by atomic mass is 10.0. The van der Waals surface area contributed by atoms with E-state index in [0.717, 1.165) is 24.0 Å². The highest BCUT2D eigenvalue weighted by atomic mass is 16.2. The van der Waals surface area contributed by atoms with Crippen molar-refractivity contribution in [3.8, 4) is 11.1 Å². The van der Waals surface area contributed by atoms with Gasteiger partial charge in [-0.3, -0.25) is 9.59 Å². The summed E-state index contributed by atoms with van der Waals surface area (Å²) >= 11 is 0. The van der Waals surface area contributed by atoms with E-state index in [1.165, 1.54) is 0 Å². The van der Waals surface area contributed by atoms with E-state index in [9.17, 15) is 9.59 Å². The molecule has 2 rings (SSSR count). The fraction of sp³-hybridized carbons (Fsp3) is 0.300. The molecule has 23 heavy (non-hydrogen) atoms. The highest BCUT2D eigenvalue weighted by molar-refractivity contribution is 5.98. The van der Waals surface area contributed by atoms with Crippen LogP contribution in [-0.4, -0.2) is 18.2 Å². The number of hydrogen-bond donors (Lipinski definition) is 1. The van der Waals surface area contributed by atoms with Crippen molar-refractivity contribution >= 4 is 11.7 Å². The third kappa shape index (κ3) is 5.37. The van der Waals surface area contributed by atoms with Crippen LogP contribution in [0.15, 0.2) is 54.6 Å². The van der Waals surface area contributed by atoms with Gasteiger partial charge in [0.25, 0.3) is 0 Å². The van der Waals surface area contributed by atoms with E-state index in [1.807, 2.05) is 54.6 Å². The average molecular weight is 309 g/mol. The molecule has 0 radical (unpaired) electrons. The number of amides is 1. The molecule has 3 nitrogen and oxygen atoms in total. The van der Waals surface area contributed by atoms with Crippen LogP contribution in [-0.2, 0) is 4.79 Å². The molecule has 3 heteroatoms. The molecule has 0 unspecified atom stereocenters. The Bertz CT molecular complexity index is 632. The molecule has 1 N–H and O–H groups in total. The Morgan fingerprint density at radius 1 is 0.870 bits per heavy atom. The molecule has 2 aromatic carbocycles. The maximum Gasteiger partial charge on any atom is 0.220 e. The van der Waals surface area contributed by atoms with Gasteiger partial charge in [0.2, 0.25) is 5.91 Å². The lowest BCUT2D eigenvalue weighted by Gasteiger charge is -2.05. The summed E-state index contributed by atoms with van der Waals surface area (Å²) in [5.41, 5.74) is 2.87. The third-order valence-corrected chi connectivity index (χ3v) is 3.75. The smallest absolute Gasteiger partial charge is 0.220 e. The Morgan fingerprint density at radius 2 is 1.52 bits per heavy atom. The van der Waals surface area contributed by atoms with Gasteiger partial charge in [-0.2, -0.15) is 0 Å². The van der Waals surface area contributed by atoms with Crippen LogP contribution in [0.25, 0.3) is 11.1 Å². The number of hydrogen-bond acceptors (Lipinski definition) is 2. The Morgan fingerprint density at radius 3 is 2.17 bits per heavy atom. The largest absolute Gasteiger partial charge is 0.356 e. The summed E-state index contributed by atoms with van der Waals surface area (Å²) in [5.74, 6) is -0.0389. The van der Waals surface area contributed by atoms with Gasteiger partial charge in [-0.15, -0.1) is 0 Å². The fourth-order valence-electron chi connectivity index (χ4n) is 2.34. The quantitative estimate of drug-likeness (QED) is 0.586. The van der Waals surface area contributed by atoms with Crippen LogP contribution in [0.2, 0.25) is 0 Å². The third-order valence-electron chi connectivity index (χ3n) is 3.75. The number of rotatable bonds is 8. The molecule has 0 saturated carbocycles. The van der Waals surface area contributed by atoms with E-state index in [4.69, 9.17) is 0 Å². The van der Waals surface area contributed by atoms with E-state index in [2.05, 4.69) is 12.2 Å². The first-order valence-corrected chi connectivity index (χ1v) is 8.16. The Hall–Kier alpha value is -2.42. The number of ketones is 1. The topological polar surface area (TPSA) is 46.2 Å². The molecule has 2 aromatic rings. The predicted octanol–water partition coefficient (Wildman–Crippen LogP) is 4.23. The van der Waals surface area contributed by atoms with Crippen LogP contribution in [0, 0.1) is 0 Å².